The van der Waals surface area contributed by atoms with Gasteiger partial charge in [-0.3, -0.25) is 14.7 Å². The molecule has 1 saturated heterocycles. The minimum atomic E-state index is -0.340. The second kappa shape index (κ2) is 9.64. The van der Waals surface area contributed by atoms with Gasteiger partial charge in [-0.1, -0.05) is 40.9 Å². The number of aromatic nitrogens is 2. The number of carbonyl (C=O) groups excluding carboxylic acids is 1. The quantitative estimate of drug-likeness (QED) is 0.495. The van der Waals surface area contributed by atoms with Gasteiger partial charge in [-0.25, -0.2) is 9.88 Å². The van der Waals surface area contributed by atoms with Crippen molar-refractivity contribution >= 4 is 75.5 Å². The van der Waals surface area contributed by atoms with Crippen molar-refractivity contribution in [1.29, 1.82) is 0 Å². The number of likely N-dealkylation sites (N-methyl/N-ethyl adjacent to an activating group) is 1. The number of anilines is 5. The van der Waals surface area contributed by atoms with Crippen molar-refractivity contribution in [2.75, 3.05) is 66.3 Å². The van der Waals surface area contributed by atoms with Gasteiger partial charge in [-0.15, -0.1) is 0 Å². The van der Waals surface area contributed by atoms with Crippen molar-refractivity contribution in [3.05, 3.63) is 63.2 Å². The SMILES string of the molecule is CN1CCN(c2ccc(Nc3ncc4c(n3)N3CCN=C3N(c3c(Cl)cccc3Cl)C4=O)cc2Cl)CC1. The molecule has 2 aromatic carbocycles. The van der Waals surface area contributed by atoms with E-state index in [1.54, 1.807) is 18.2 Å². The van der Waals surface area contributed by atoms with Gasteiger partial charge in [0.25, 0.3) is 5.91 Å². The third kappa shape index (κ3) is 4.35. The van der Waals surface area contributed by atoms with Crippen LogP contribution in [0.25, 0.3) is 0 Å². The summed E-state index contributed by atoms with van der Waals surface area (Å²) in [6.07, 6.45) is 1.51. The Hall–Kier alpha value is -3.11. The van der Waals surface area contributed by atoms with E-state index >= 15 is 0 Å². The van der Waals surface area contributed by atoms with Crippen LogP contribution in [0.3, 0.4) is 0 Å². The Balaban J connectivity index is 1.29. The Labute approximate surface area is 229 Å². The number of nitrogens with one attached hydrogen (secondary N) is 1. The first kappa shape index (κ1) is 24.2. The number of nitrogens with zero attached hydrogens (tertiary/aromatic N) is 7. The molecule has 0 spiro atoms. The number of halogens is 3. The van der Waals surface area contributed by atoms with Gasteiger partial charge in [0.15, 0.2) is 5.82 Å². The lowest BCUT2D eigenvalue weighted by Gasteiger charge is -2.35. The zero-order valence-electron chi connectivity index (χ0n) is 20.0. The summed E-state index contributed by atoms with van der Waals surface area (Å²) in [6, 6.07) is 10.9. The first-order valence-electron chi connectivity index (χ1n) is 11.9. The normalized spacial score (nSPS) is 17.6. The molecule has 0 saturated carbocycles. The Bertz CT molecular complexity index is 1400. The number of amides is 1. The zero-order chi connectivity index (χ0) is 25.7. The molecule has 0 atom stereocenters. The second-order valence-electron chi connectivity index (χ2n) is 9.06. The van der Waals surface area contributed by atoms with Crippen molar-refractivity contribution in [3.8, 4) is 0 Å². The van der Waals surface area contributed by atoms with Gasteiger partial charge < -0.3 is 15.1 Å². The highest BCUT2D eigenvalue weighted by molar-refractivity contribution is 6.43. The number of para-hydroxylation sites is 1. The van der Waals surface area contributed by atoms with Crippen molar-refractivity contribution in [3.63, 3.8) is 0 Å². The van der Waals surface area contributed by atoms with Gasteiger partial charge in [0.05, 0.1) is 33.0 Å². The van der Waals surface area contributed by atoms with Crippen LogP contribution in [-0.2, 0) is 0 Å². The molecule has 0 bridgehead atoms. The molecule has 190 valence electrons. The van der Waals surface area contributed by atoms with E-state index in [-0.39, 0.29) is 5.91 Å². The van der Waals surface area contributed by atoms with Crippen molar-refractivity contribution in [1.82, 2.24) is 14.9 Å². The molecule has 3 aromatic rings. The van der Waals surface area contributed by atoms with Gasteiger partial charge in [-0.2, -0.15) is 4.98 Å². The van der Waals surface area contributed by atoms with Crippen molar-refractivity contribution < 1.29 is 4.79 Å². The molecule has 1 aromatic heterocycles. The summed E-state index contributed by atoms with van der Waals surface area (Å²) in [5.74, 6) is 0.938. The van der Waals surface area contributed by atoms with Gasteiger partial charge >= 0.3 is 0 Å². The molecular weight excluding hydrogens is 535 g/mol. The monoisotopic (exact) mass is 556 g/mol. The molecule has 0 unspecified atom stereocenters. The van der Waals surface area contributed by atoms with E-state index in [1.165, 1.54) is 11.1 Å². The molecule has 4 heterocycles. The van der Waals surface area contributed by atoms with Crippen LogP contribution in [0.4, 0.5) is 28.8 Å². The van der Waals surface area contributed by atoms with Crippen LogP contribution in [0, 0.1) is 0 Å². The summed E-state index contributed by atoms with van der Waals surface area (Å²) in [5.41, 5.74) is 2.49. The van der Waals surface area contributed by atoms with Gasteiger partial charge in [0.2, 0.25) is 11.9 Å². The number of benzene rings is 2. The number of rotatable bonds is 4. The highest BCUT2D eigenvalue weighted by Crippen LogP contribution is 2.40. The number of hydrogen-bond acceptors (Lipinski definition) is 8. The molecule has 1 amide bonds. The second-order valence-corrected chi connectivity index (χ2v) is 10.3. The standard InChI is InChI=1S/C25H23Cl3N8O/c1-33-9-11-34(12-10-33)20-6-5-15(13-19(20)28)31-24-30-14-16-22(32-24)35-8-7-29-25(35)36(23(16)37)21-17(26)3-2-4-18(21)27/h2-6,13-14H,7-12H2,1H3,(H,30,31,32). The third-order valence-corrected chi connectivity index (χ3v) is 7.60. The molecule has 3 aliphatic heterocycles. The fourth-order valence-electron chi connectivity index (χ4n) is 4.75. The molecule has 0 aliphatic carbocycles. The number of piperazine rings is 1. The average Bonchev–Trinajstić information content (AvgIpc) is 3.36. The molecular formula is C25H23Cl3N8O. The molecule has 1 N–H and O–H groups in total. The molecule has 37 heavy (non-hydrogen) atoms. The molecule has 0 radical (unpaired) electrons. The number of guanidine groups is 1. The van der Waals surface area contributed by atoms with E-state index in [1.807, 2.05) is 23.1 Å². The lowest BCUT2D eigenvalue weighted by Crippen LogP contribution is -2.51. The van der Waals surface area contributed by atoms with E-state index in [0.29, 0.717) is 57.1 Å². The lowest BCUT2D eigenvalue weighted by molar-refractivity contribution is 0.1000. The molecule has 3 aliphatic rings. The maximum atomic E-state index is 13.6. The maximum Gasteiger partial charge on any atom is 0.270 e. The van der Waals surface area contributed by atoms with E-state index in [0.717, 1.165) is 37.6 Å². The predicted octanol–water partition coefficient (Wildman–Crippen LogP) is 4.77. The first-order chi connectivity index (χ1) is 17.9. The van der Waals surface area contributed by atoms with E-state index in [2.05, 4.69) is 37.1 Å². The van der Waals surface area contributed by atoms with Crippen LogP contribution < -0.4 is 20.0 Å². The fraction of sp³-hybridized carbons (Fsp3) is 0.280. The van der Waals surface area contributed by atoms with Crippen LogP contribution in [0.15, 0.2) is 47.6 Å². The Morgan fingerprint density at radius 2 is 1.70 bits per heavy atom. The van der Waals surface area contributed by atoms with Gasteiger partial charge in [-0.05, 0) is 37.4 Å². The van der Waals surface area contributed by atoms with Crippen LogP contribution >= 0.6 is 34.8 Å². The summed E-state index contributed by atoms with van der Waals surface area (Å²) in [4.78, 5) is 35.1. The topological polar surface area (TPSA) is 80.2 Å². The maximum absolute atomic E-state index is 13.6. The molecule has 6 rings (SSSR count). The average molecular weight is 558 g/mol. The predicted molar refractivity (Wildman–Crippen MR) is 149 cm³/mol. The minimum absolute atomic E-state index is 0.339. The summed E-state index contributed by atoms with van der Waals surface area (Å²) >= 11 is 19.5. The van der Waals surface area contributed by atoms with Crippen LogP contribution in [0.2, 0.25) is 15.1 Å². The number of hydrogen-bond donors (Lipinski definition) is 1. The highest BCUT2D eigenvalue weighted by atomic mass is 35.5. The smallest absolute Gasteiger partial charge is 0.270 e. The summed E-state index contributed by atoms with van der Waals surface area (Å²) in [7, 11) is 2.12. The fourth-order valence-corrected chi connectivity index (χ4v) is 5.62. The largest absolute Gasteiger partial charge is 0.368 e. The zero-order valence-corrected chi connectivity index (χ0v) is 22.2. The van der Waals surface area contributed by atoms with Gasteiger partial charge in [0.1, 0.15) is 5.56 Å². The lowest BCUT2D eigenvalue weighted by atomic mass is 10.1. The van der Waals surface area contributed by atoms with Crippen molar-refractivity contribution in [2.24, 2.45) is 4.99 Å². The van der Waals surface area contributed by atoms with Crippen LogP contribution in [-0.4, -0.2) is 73.1 Å². The minimum Gasteiger partial charge on any atom is -0.368 e. The number of fused-ring (bicyclic) bond motifs is 3. The number of carbonyl (C=O) groups is 1. The van der Waals surface area contributed by atoms with Gasteiger partial charge in [0, 0.05) is 44.6 Å². The summed E-state index contributed by atoms with van der Waals surface area (Å²) in [5, 5.41) is 4.59. The number of aliphatic imine (C=N–C) groups is 1. The van der Waals surface area contributed by atoms with Crippen LogP contribution in [0.1, 0.15) is 10.4 Å². The third-order valence-electron chi connectivity index (χ3n) is 6.69. The van der Waals surface area contributed by atoms with E-state index in [4.69, 9.17) is 34.8 Å². The highest BCUT2D eigenvalue weighted by Gasteiger charge is 2.41. The Kier molecular flexibility index (Phi) is 6.32. The molecule has 1 fully saturated rings. The summed E-state index contributed by atoms with van der Waals surface area (Å²) < 4.78 is 0. The Morgan fingerprint density at radius 3 is 2.43 bits per heavy atom. The van der Waals surface area contributed by atoms with E-state index < -0.39 is 0 Å². The summed E-state index contributed by atoms with van der Waals surface area (Å²) in [6.45, 7) is 4.94. The van der Waals surface area contributed by atoms with Crippen molar-refractivity contribution in [2.45, 2.75) is 0 Å². The molecule has 12 heteroatoms. The first-order valence-corrected chi connectivity index (χ1v) is 13.0. The van der Waals surface area contributed by atoms with E-state index in [9.17, 15) is 4.79 Å². The van der Waals surface area contributed by atoms with Crippen LogP contribution in [0.5, 0.6) is 0 Å². The molecule has 9 nitrogen and oxygen atoms in total. The Morgan fingerprint density at radius 1 is 0.946 bits per heavy atom.